The number of anilines is 1. The third-order valence-electron chi connectivity index (χ3n) is 5.88. The molecule has 2 amide bonds. The molecule has 2 aliphatic heterocycles. The minimum Gasteiger partial charge on any atom is -0.326 e. The monoisotopic (exact) mass is 486 g/mol. The van der Waals surface area contributed by atoms with Crippen LogP contribution in [0.25, 0.3) is 0 Å². The number of aryl methyl sites for hydroxylation is 1. The zero-order valence-electron chi connectivity index (χ0n) is 19.0. The highest BCUT2D eigenvalue weighted by Gasteiger charge is 2.39. The Morgan fingerprint density at radius 3 is 2.60 bits per heavy atom. The van der Waals surface area contributed by atoms with Gasteiger partial charge in [-0.1, -0.05) is 78.0 Å². The highest BCUT2D eigenvalue weighted by Crippen LogP contribution is 2.38. The van der Waals surface area contributed by atoms with Gasteiger partial charge in [-0.2, -0.15) is 10.1 Å². The van der Waals surface area contributed by atoms with E-state index in [0.29, 0.717) is 17.3 Å². The molecule has 2 aliphatic rings. The lowest BCUT2D eigenvalue weighted by atomic mass is 9.98. The summed E-state index contributed by atoms with van der Waals surface area (Å²) >= 11 is 1.24. The van der Waals surface area contributed by atoms with Crippen molar-refractivity contribution < 1.29 is 14.0 Å². The van der Waals surface area contributed by atoms with Crippen molar-refractivity contribution in [1.29, 1.82) is 0 Å². The molecule has 2 unspecified atom stereocenters. The molecule has 8 heteroatoms. The largest absolute Gasteiger partial charge is 0.326 e. The Labute approximate surface area is 207 Å². The number of nitrogens with zero attached hydrogens (tertiary/aromatic N) is 3. The van der Waals surface area contributed by atoms with Crippen LogP contribution in [0.5, 0.6) is 0 Å². The number of hydrogen-bond acceptors (Lipinski definition) is 5. The molecule has 0 aromatic heterocycles. The van der Waals surface area contributed by atoms with Gasteiger partial charge < -0.3 is 5.32 Å². The van der Waals surface area contributed by atoms with Gasteiger partial charge in [0.1, 0.15) is 11.1 Å². The molecule has 1 N–H and O–H groups in total. The lowest BCUT2D eigenvalue weighted by Gasteiger charge is -2.23. The summed E-state index contributed by atoms with van der Waals surface area (Å²) in [6, 6.07) is 23.7. The number of benzene rings is 3. The van der Waals surface area contributed by atoms with E-state index in [1.807, 2.05) is 49.4 Å². The predicted molar refractivity (Wildman–Crippen MR) is 137 cm³/mol. The number of carbonyl (C=O) groups is 2. The molecule has 2 heterocycles. The Kier molecular flexibility index (Phi) is 6.46. The molecule has 3 aromatic carbocycles. The number of carbonyl (C=O) groups excluding carboxylic acids is 2. The zero-order chi connectivity index (χ0) is 24.4. The van der Waals surface area contributed by atoms with Crippen molar-refractivity contribution in [2.45, 2.75) is 31.1 Å². The van der Waals surface area contributed by atoms with Crippen LogP contribution in [0.4, 0.5) is 10.1 Å². The minimum atomic E-state index is -0.659. The second kappa shape index (κ2) is 9.84. The van der Waals surface area contributed by atoms with Crippen molar-refractivity contribution in [1.82, 2.24) is 5.01 Å². The van der Waals surface area contributed by atoms with Gasteiger partial charge in [-0.3, -0.25) is 9.59 Å². The average molecular weight is 487 g/mol. The van der Waals surface area contributed by atoms with Crippen molar-refractivity contribution in [3.8, 4) is 0 Å². The molecule has 5 rings (SSSR count). The van der Waals surface area contributed by atoms with Crippen LogP contribution >= 0.6 is 11.8 Å². The van der Waals surface area contributed by atoms with E-state index in [0.717, 1.165) is 16.8 Å². The summed E-state index contributed by atoms with van der Waals surface area (Å²) in [6.45, 7) is 2.04. The molecular formula is C27H23FN4O2S. The van der Waals surface area contributed by atoms with Gasteiger partial charge in [0.25, 0.3) is 5.91 Å². The van der Waals surface area contributed by atoms with Crippen LogP contribution in [-0.4, -0.2) is 33.0 Å². The maximum atomic E-state index is 13.4. The fraction of sp³-hybridized carbons (Fsp3) is 0.185. The van der Waals surface area contributed by atoms with Crippen LogP contribution in [0.2, 0.25) is 0 Å². The van der Waals surface area contributed by atoms with Crippen molar-refractivity contribution in [3.05, 3.63) is 101 Å². The first-order chi connectivity index (χ1) is 17.0. The molecule has 0 saturated heterocycles. The Morgan fingerprint density at radius 1 is 1.09 bits per heavy atom. The highest BCUT2D eigenvalue weighted by atomic mass is 32.2. The van der Waals surface area contributed by atoms with Gasteiger partial charge in [0.05, 0.1) is 11.8 Å². The minimum absolute atomic E-state index is 0.0641. The molecule has 2 atom stereocenters. The number of thioether (sulfide) groups is 1. The molecule has 0 spiro atoms. The SMILES string of the molecule is Cc1ccc(C2=NN(C3=NC(=O)C(CC(=O)Nc4cccc(F)c4)S3)C(c3ccccc3)C2)cc1. The molecule has 35 heavy (non-hydrogen) atoms. The number of hydrogen-bond donors (Lipinski definition) is 1. The summed E-state index contributed by atoms with van der Waals surface area (Å²) in [5, 5.41) is 9.13. The quantitative estimate of drug-likeness (QED) is 0.530. The van der Waals surface area contributed by atoms with Crippen molar-refractivity contribution in [3.63, 3.8) is 0 Å². The van der Waals surface area contributed by atoms with Crippen molar-refractivity contribution in [2.75, 3.05) is 5.32 Å². The summed E-state index contributed by atoms with van der Waals surface area (Å²) in [5.41, 5.74) is 4.54. The van der Waals surface area contributed by atoms with Crippen LogP contribution in [0.1, 0.15) is 35.6 Å². The number of amides is 2. The Hall–Kier alpha value is -3.78. The lowest BCUT2D eigenvalue weighted by Crippen LogP contribution is -2.25. The molecule has 0 saturated carbocycles. The van der Waals surface area contributed by atoms with E-state index in [1.54, 1.807) is 11.1 Å². The summed E-state index contributed by atoms with van der Waals surface area (Å²) in [7, 11) is 0. The van der Waals surface area contributed by atoms with Crippen LogP contribution in [0.15, 0.2) is 89.0 Å². The number of amidine groups is 1. The van der Waals surface area contributed by atoms with Gasteiger partial charge in [0.2, 0.25) is 5.91 Å². The number of aliphatic imine (C=N–C) groups is 1. The standard InChI is InChI=1S/C27H23FN4O2S/c1-17-10-12-18(13-11-17)22-15-23(19-6-3-2-4-7-19)32(31-22)27-30-26(34)24(35-27)16-25(33)29-21-9-5-8-20(28)14-21/h2-14,23-24H,15-16H2,1H3,(H,29,33). The average Bonchev–Trinajstić information content (AvgIpc) is 3.44. The highest BCUT2D eigenvalue weighted by molar-refractivity contribution is 8.15. The first-order valence-electron chi connectivity index (χ1n) is 11.3. The number of rotatable bonds is 5. The molecule has 176 valence electrons. The van der Waals surface area contributed by atoms with E-state index in [9.17, 15) is 14.0 Å². The molecule has 3 aromatic rings. The molecular weight excluding hydrogens is 463 g/mol. The smallest absolute Gasteiger partial charge is 0.262 e. The van der Waals surface area contributed by atoms with E-state index >= 15 is 0 Å². The number of nitrogens with one attached hydrogen (secondary N) is 1. The molecule has 0 radical (unpaired) electrons. The fourth-order valence-corrected chi connectivity index (χ4v) is 5.15. The summed E-state index contributed by atoms with van der Waals surface area (Å²) in [5.74, 6) is -1.18. The Bertz CT molecular complexity index is 1320. The van der Waals surface area contributed by atoms with Crippen molar-refractivity contribution in [2.24, 2.45) is 10.1 Å². The number of halogens is 1. The van der Waals surface area contributed by atoms with Gasteiger partial charge in [0.15, 0.2) is 5.17 Å². The first kappa shape index (κ1) is 23.0. The molecule has 6 nitrogen and oxygen atoms in total. The van der Waals surface area contributed by atoms with Gasteiger partial charge in [-0.25, -0.2) is 9.40 Å². The molecule has 0 aliphatic carbocycles. The van der Waals surface area contributed by atoms with Gasteiger partial charge >= 0.3 is 0 Å². The maximum Gasteiger partial charge on any atom is 0.262 e. The van der Waals surface area contributed by atoms with Crippen LogP contribution in [-0.2, 0) is 9.59 Å². The van der Waals surface area contributed by atoms with Crippen molar-refractivity contribution >= 4 is 40.1 Å². The number of hydrazone groups is 1. The summed E-state index contributed by atoms with van der Waals surface area (Å²) in [6.07, 6.45) is 0.608. The van der Waals surface area contributed by atoms with E-state index < -0.39 is 11.1 Å². The summed E-state index contributed by atoms with van der Waals surface area (Å²) in [4.78, 5) is 29.5. The summed E-state index contributed by atoms with van der Waals surface area (Å²) < 4.78 is 13.4. The second-order valence-corrected chi connectivity index (χ2v) is 9.66. The van der Waals surface area contributed by atoms with E-state index in [1.165, 1.54) is 35.5 Å². The van der Waals surface area contributed by atoms with Crippen LogP contribution in [0, 0.1) is 12.7 Å². The fourth-order valence-electron chi connectivity index (χ4n) is 4.09. The van der Waals surface area contributed by atoms with Crippen LogP contribution in [0.3, 0.4) is 0 Å². The lowest BCUT2D eigenvalue weighted by molar-refractivity contribution is -0.121. The normalized spacial score (nSPS) is 19.5. The second-order valence-electron chi connectivity index (χ2n) is 8.49. The Balaban J connectivity index is 1.34. The molecule has 0 fully saturated rings. The van der Waals surface area contributed by atoms with Gasteiger partial charge in [0, 0.05) is 18.5 Å². The third-order valence-corrected chi connectivity index (χ3v) is 7.03. The maximum absolute atomic E-state index is 13.4. The van der Waals surface area contributed by atoms with Gasteiger partial charge in [-0.15, -0.1) is 0 Å². The van der Waals surface area contributed by atoms with E-state index in [4.69, 9.17) is 5.10 Å². The van der Waals surface area contributed by atoms with E-state index in [2.05, 4.69) is 22.4 Å². The molecule has 0 bridgehead atoms. The van der Waals surface area contributed by atoms with Crippen LogP contribution < -0.4 is 5.32 Å². The van der Waals surface area contributed by atoms with E-state index in [-0.39, 0.29) is 24.3 Å². The third kappa shape index (κ3) is 5.17. The predicted octanol–water partition coefficient (Wildman–Crippen LogP) is 5.31. The Morgan fingerprint density at radius 2 is 1.86 bits per heavy atom. The topological polar surface area (TPSA) is 74.1 Å². The first-order valence-corrected chi connectivity index (χ1v) is 12.2. The zero-order valence-corrected chi connectivity index (χ0v) is 19.8. The van der Waals surface area contributed by atoms with Gasteiger partial charge in [-0.05, 0) is 36.2 Å².